The molecule has 0 atom stereocenters. The summed E-state index contributed by atoms with van der Waals surface area (Å²) in [6.07, 6.45) is 4.10. The highest BCUT2D eigenvalue weighted by Gasteiger charge is 1.94. The summed E-state index contributed by atoms with van der Waals surface area (Å²) in [6, 6.07) is 3.33. The molecule has 78 valence electrons. The highest BCUT2D eigenvalue weighted by Crippen LogP contribution is 2.05. The topological polar surface area (TPSA) is 44.9 Å². The Morgan fingerprint density at radius 3 is 2.79 bits per heavy atom. The first-order chi connectivity index (χ1) is 6.68. The molecule has 1 aromatic heterocycles. The van der Waals surface area contributed by atoms with Crippen molar-refractivity contribution in [3.8, 4) is 0 Å². The van der Waals surface area contributed by atoms with Gasteiger partial charge in [-0.1, -0.05) is 13.8 Å². The lowest BCUT2D eigenvalue weighted by atomic mass is 10.1. The Bertz CT molecular complexity index is 297. The maximum atomic E-state index is 10.8. The van der Waals surface area contributed by atoms with E-state index in [1.165, 1.54) is 12.5 Å². The summed E-state index contributed by atoms with van der Waals surface area (Å²) in [5.74, 6) is 0.757. The van der Waals surface area contributed by atoms with Crippen molar-refractivity contribution in [3.63, 3.8) is 0 Å². The monoisotopic (exact) mass is 194 g/mol. The average molecular weight is 194 g/mol. The van der Waals surface area contributed by atoms with E-state index in [9.17, 15) is 4.79 Å². The summed E-state index contributed by atoms with van der Waals surface area (Å²) in [7, 11) is 0. The molecule has 0 aromatic carbocycles. The van der Waals surface area contributed by atoms with Crippen molar-refractivity contribution in [2.75, 3.05) is 11.9 Å². The Labute approximate surface area is 84.6 Å². The van der Waals surface area contributed by atoms with Crippen LogP contribution < -0.4 is 10.9 Å². The van der Waals surface area contributed by atoms with Crippen LogP contribution in [0.3, 0.4) is 0 Å². The van der Waals surface area contributed by atoms with E-state index in [1.807, 2.05) is 0 Å². The molecule has 0 saturated carbocycles. The first-order valence-electron chi connectivity index (χ1n) is 5.11. The highest BCUT2D eigenvalue weighted by molar-refractivity contribution is 5.39. The van der Waals surface area contributed by atoms with Gasteiger partial charge >= 0.3 is 0 Å². The average Bonchev–Trinajstić information content (AvgIpc) is 2.15. The number of rotatable bonds is 5. The van der Waals surface area contributed by atoms with Crippen molar-refractivity contribution in [1.82, 2.24) is 4.98 Å². The largest absolute Gasteiger partial charge is 0.384 e. The van der Waals surface area contributed by atoms with E-state index in [-0.39, 0.29) is 5.56 Å². The number of aromatic nitrogens is 1. The first-order valence-corrected chi connectivity index (χ1v) is 5.11. The van der Waals surface area contributed by atoms with Crippen LogP contribution in [0.5, 0.6) is 0 Å². The van der Waals surface area contributed by atoms with E-state index in [2.05, 4.69) is 24.1 Å². The minimum atomic E-state index is -0.0577. The van der Waals surface area contributed by atoms with Crippen LogP contribution in [0.2, 0.25) is 0 Å². The van der Waals surface area contributed by atoms with E-state index in [4.69, 9.17) is 0 Å². The Kier molecular flexibility index (Phi) is 4.23. The zero-order chi connectivity index (χ0) is 10.4. The van der Waals surface area contributed by atoms with E-state index in [0.29, 0.717) is 0 Å². The van der Waals surface area contributed by atoms with Crippen molar-refractivity contribution >= 4 is 5.69 Å². The number of aromatic amines is 1. The lowest BCUT2D eigenvalue weighted by Crippen LogP contribution is -2.07. The lowest BCUT2D eigenvalue weighted by molar-refractivity contribution is 0.567. The van der Waals surface area contributed by atoms with Crippen molar-refractivity contribution in [3.05, 3.63) is 28.7 Å². The number of hydrogen-bond acceptors (Lipinski definition) is 2. The molecule has 1 aromatic rings. The number of anilines is 1. The van der Waals surface area contributed by atoms with Gasteiger partial charge in [-0.3, -0.25) is 4.79 Å². The van der Waals surface area contributed by atoms with Crippen LogP contribution in [-0.4, -0.2) is 11.5 Å². The summed E-state index contributed by atoms with van der Waals surface area (Å²) in [4.78, 5) is 13.4. The Morgan fingerprint density at radius 2 is 2.21 bits per heavy atom. The minimum absolute atomic E-state index is 0.0577. The standard InChI is InChI=1S/C11H18N2O/c1-9(2)4-3-7-12-10-5-6-11(14)13-8-10/h5-6,8-9,12H,3-4,7H2,1-2H3,(H,13,14). The molecule has 0 aliphatic carbocycles. The summed E-state index contributed by atoms with van der Waals surface area (Å²) in [5, 5.41) is 3.26. The SMILES string of the molecule is CC(C)CCCNc1ccc(=O)[nH]c1. The van der Waals surface area contributed by atoms with E-state index >= 15 is 0 Å². The lowest BCUT2D eigenvalue weighted by Gasteiger charge is -2.06. The molecule has 0 spiro atoms. The molecule has 1 rings (SSSR count). The molecule has 14 heavy (non-hydrogen) atoms. The number of H-pyrrole nitrogens is 1. The smallest absolute Gasteiger partial charge is 0.248 e. The molecule has 0 aliphatic heterocycles. The quantitative estimate of drug-likeness (QED) is 0.706. The minimum Gasteiger partial charge on any atom is -0.384 e. The molecule has 0 saturated heterocycles. The fraction of sp³-hybridized carbons (Fsp3) is 0.545. The molecule has 1 heterocycles. The second-order valence-corrected chi connectivity index (χ2v) is 3.90. The molecule has 2 N–H and O–H groups in total. The van der Waals surface area contributed by atoms with E-state index in [0.717, 1.165) is 24.6 Å². The fourth-order valence-corrected chi connectivity index (χ4v) is 1.26. The van der Waals surface area contributed by atoms with Crippen molar-refractivity contribution in [2.24, 2.45) is 5.92 Å². The van der Waals surface area contributed by atoms with Gasteiger partial charge in [0.1, 0.15) is 0 Å². The maximum Gasteiger partial charge on any atom is 0.248 e. The van der Waals surface area contributed by atoms with Crippen LogP contribution in [0.15, 0.2) is 23.1 Å². The summed E-state index contributed by atoms with van der Waals surface area (Å²) >= 11 is 0. The molecule has 3 nitrogen and oxygen atoms in total. The first kappa shape index (κ1) is 10.8. The van der Waals surface area contributed by atoms with Gasteiger partial charge in [0.05, 0.1) is 5.69 Å². The number of nitrogens with one attached hydrogen (secondary N) is 2. The van der Waals surface area contributed by atoms with Crippen LogP contribution >= 0.6 is 0 Å². The van der Waals surface area contributed by atoms with Gasteiger partial charge in [-0.25, -0.2) is 0 Å². The van der Waals surface area contributed by atoms with E-state index in [1.54, 1.807) is 12.3 Å². The van der Waals surface area contributed by atoms with Gasteiger partial charge in [0.2, 0.25) is 5.56 Å². The third-order valence-corrected chi connectivity index (χ3v) is 2.07. The number of hydrogen-bond donors (Lipinski definition) is 2. The third kappa shape index (κ3) is 4.12. The number of pyridine rings is 1. The highest BCUT2D eigenvalue weighted by atomic mass is 16.1. The van der Waals surface area contributed by atoms with Gasteiger partial charge in [0.25, 0.3) is 0 Å². The van der Waals surface area contributed by atoms with Crippen LogP contribution in [0, 0.1) is 5.92 Å². The molecule has 0 amide bonds. The molecule has 0 bridgehead atoms. The van der Waals surface area contributed by atoms with Crippen molar-refractivity contribution in [1.29, 1.82) is 0 Å². The Balaban J connectivity index is 2.25. The fourth-order valence-electron chi connectivity index (χ4n) is 1.26. The summed E-state index contributed by atoms with van der Waals surface area (Å²) in [5.41, 5.74) is 0.922. The molecule has 0 fully saturated rings. The van der Waals surface area contributed by atoms with E-state index < -0.39 is 0 Å². The molecular formula is C11H18N2O. The molecular weight excluding hydrogens is 176 g/mol. The molecule has 0 radical (unpaired) electrons. The predicted octanol–water partition coefficient (Wildman–Crippen LogP) is 2.22. The van der Waals surface area contributed by atoms with Gasteiger partial charge in [-0.15, -0.1) is 0 Å². The Morgan fingerprint density at radius 1 is 1.43 bits per heavy atom. The molecule has 0 aliphatic rings. The van der Waals surface area contributed by atoms with Crippen molar-refractivity contribution < 1.29 is 0 Å². The summed E-state index contributed by atoms with van der Waals surface area (Å²) in [6.45, 7) is 5.41. The van der Waals surface area contributed by atoms with Gasteiger partial charge in [0, 0.05) is 18.8 Å². The maximum absolute atomic E-state index is 10.8. The van der Waals surface area contributed by atoms with Gasteiger partial charge < -0.3 is 10.3 Å². The zero-order valence-electron chi connectivity index (χ0n) is 8.84. The second-order valence-electron chi connectivity index (χ2n) is 3.90. The van der Waals surface area contributed by atoms with Crippen molar-refractivity contribution in [2.45, 2.75) is 26.7 Å². The molecule has 3 heteroatoms. The van der Waals surface area contributed by atoms with Crippen LogP contribution in [0.25, 0.3) is 0 Å². The van der Waals surface area contributed by atoms with Crippen LogP contribution in [0.4, 0.5) is 5.69 Å². The van der Waals surface area contributed by atoms with Crippen LogP contribution in [-0.2, 0) is 0 Å². The normalized spacial score (nSPS) is 10.5. The third-order valence-electron chi connectivity index (χ3n) is 2.07. The van der Waals surface area contributed by atoms with Gasteiger partial charge in [0.15, 0.2) is 0 Å². The van der Waals surface area contributed by atoms with Gasteiger partial charge in [-0.05, 0) is 24.8 Å². The molecule has 0 unspecified atom stereocenters. The summed E-state index contributed by atoms with van der Waals surface area (Å²) < 4.78 is 0. The van der Waals surface area contributed by atoms with Gasteiger partial charge in [-0.2, -0.15) is 0 Å². The zero-order valence-corrected chi connectivity index (χ0v) is 8.84. The Hall–Kier alpha value is -1.25. The second kappa shape index (κ2) is 5.47. The predicted molar refractivity (Wildman–Crippen MR) is 59.6 cm³/mol. The van der Waals surface area contributed by atoms with Crippen LogP contribution in [0.1, 0.15) is 26.7 Å².